The van der Waals surface area contributed by atoms with Crippen molar-refractivity contribution in [1.29, 1.82) is 0 Å². The molecule has 108 valence electrons. The van der Waals surface area contributed by atoms with E-state index < -0.39 is 0 Å². The highest BCUT2D eigenvalue weighted by Gasteiger charge is 2.20. The van der Waals surface area contributed by atoms with Crippen LogP contribution in [0.1, 0.15) is 42.4 Å². The van der Waals surface area contributed by atoms with E-state index in [0.717, 1.165) is 36.9 Å². The van der Waals surface area contributed by atoms with Crippen LogP contribution >= 0.6 is 0 Å². The molecule has 1 aliphatic rings. The first-order valence-electron chi connectivity index (χ1n) is 7.43. The molecule has 1 aliphatic carbocycles. The first-order valence-corrected chi connectivity index (χ1v) is 7.43. The van der Waals surface area contributed by atoms with E-state index in [1.165, 1.54) is 24.1 Å². The molecule has 0 amide bonds. The molecule has 20 heavy (non-hydrogen) atoms. The van der Waals surface area contributed by atoms with E-state index in [9.17, 15) is 0 Å². The minimum atomic E-state index is 0.738. The van der Waals surface area contributed by atoms with Crippen LogP contribution in [0, 0.1) is 6.92 Å². The molecule has 5 nitrogen and oxygen atoms in total. The van der Waals surface area contributed by atoms with Gasteiger partial charge in [0.25, 0.3) is 0 Å². The molecule has 0 aliphatic heterocycles. The van der Waals surface area contributed by atoms with Crippen LogP contribution in [-0.2, 0) is 26.6 Å². The van der Waals surface area contributed by atoms with Gasteiger partial charge in [0.05, 0.1) is 23.6 Å². The summed E-state index contributed by atoms with van der Waals surface area (Å²) in [7, 11) is 2.00. The fourth-order valence-corrected chi connectivity index (χ4v) is 2.41. The predicted molar refractivity (Wildman–Crippen MR) is 78.5 cm³/mol. The first kappa shape index (κ1) is 13.4. The first-order chi connectivity index (χ1) is 9.65. The van der Waals surface area contributed by atoms with E-state index in [-0.39, 0.29) is 0 Å². The number of aromatic nitrogens is 4. The molecule has 1 saturated carbocycles. The third kappa shape index (κ3) is 2.93. The Morgan fingerprint density at radius 1 is 1.35 bits per heavy atom. The van der Waals surface area contributed by atoms with Crippen LogP contribution < -0.4 is 5.32 Å². The SMILES string of the molecule is CCc1cc(Cn2cc(CNC3CC3)c(C)n2)n(C)n1. The summed E-state index contributed by atoms with van der Waals surface area (Å²) in [4.78, 5) is 0. The topological polar surface area (TPSA) is 47.7 Å². The summed E-state index contributed by atoms with van der Waals surface area (Å²) in [6, 6.07) is 2.90. The maximum atomic E-state index is 4.62. The highest BCUT2D eigenvalue weighted by atomic mass is 15.3. The normalized spacial score (nSPS) is 14.9. The van der Waals surface area contributed by atoms with Crippen molar-refractivity contribution in [3.05, 3.63) is 34.9 Å². The third-order valence-corrected chi connectivity index (χ3v) is 3.92. The molecule has 3 rings (SSSR count). The van der Waals surface area contributed by atoms with Crippen LogP contribution in [-0.4, -0.2) is 25.6 Å². The van der Waals surface area contributed by atoms with Crippen LogP contribution in [0.2, 0.25) is 0 Å². The Morgan fingerprint density at radius 3 is 2.80 bits per heavy atom. The van der Waals surface area contributed by atoms with E-state index in [0.29, 0.717) is 0 Å². The largest absolute Gasteiger partial charge is 0.310 e. The standard InChI is InChI=1S/C15H23N5/c1-4-13-7-15(19(3)18-13)10-20-9-12(11(2)17-20)8-16-14-5-6-14/h7,9,14,16H,4-6,8,10H2,1-3H3. The van der Waals surface area contributed by atoms with Gasteiger partial charge in [-0.1, -0.05) is 6.92 Å². The van der Waals surface area contributed by atoms with E-state index in [1.807, 2.05) is 16.4 Å². The van der Waals surface area contributed by atoms with E-state index in [2.05, 4.69) is 41.6 Å². The van der Waals surface area contributed by atoms with Gasteiger partial charge >= 0.3 is 0 Å². The molecule has 0 aromatic carbocycles. The molecule has 2 aromatic heterocycles. The molecule has 0 saturated heterocycles. The van der Waals surface area contributed by atoms with Crippen molar-refractivity contribution in [1.82, 2.24) is 24.9 Å². The number of aryl methyl sites for hydroxylation is 3. The molecular weight excluding hydrogens is 250 g/mol. The summed E-state index contributed by atoms with van der Waals surface area (Å²) in [6.45, 7) is 5.93. The lowest BCUT2D eigenvalue weighted by molar-refractivity contribution is 0.613. The second kappa shape index (κ2) is 5.40. The molecule has 0 bridgehead atoms. The highest BCUT2D eigenvalue weighted by molar-refractivity contribution is 5.17. The zero-order chi connectivity index (χ0) is 14.1. The summed E-state index contributed by atoms with van der Waals surface area (Å²) in [5.74, 6) is 0. The minimum absolute atomic E-state index is 0.738. The zero-order valence-electron chi connectivity index (χ0n) is 12.6. The monoisotopic (exact) mass is 273 g/mol. The summed E-state index contributed by atoms with van der Waals surface area (Å²) < 4.78 is 3.98. The Kier molecular flexibility index (Phi) is 3.61. The number of nitrogens with one attached hydrogen (secondary N) is 1. The molecule has 0 unspecified atom stereocenters. The summed E-state index contributed by atoms with van der Waals surface area (Å²) in [5.41, 5.74) is 4.76. The summed E-state index contributed by atoms with van der Waals surface area (Å²) in [6.07, 6.45) is 5.77. The van der Waals surface area contributed by atoms with Crippen molar-refractivity contribution in [3.63, 3.8) is 0 Å². The Balaban J connectivity index is 1.69. The average Bonchev–Trinajstić information content (AvgIpc) is 3.10. The van der Waals surface area contributed by atoms with Gasteiger partial charge in [0.15, 0.2) is 0 Å². The number of nitrogens with zero attached hydrogens (tertiary/aromatic N) is 4. The molecule has 5 heteroatoms. The van der Waals surface area contributed by atoms with Gasteiger partial charge in [-0.3, -0.25) is 9.36 Å². The minimum Gasteiger partial charge on any atom is -0.310 e. The number of hydrogen-bond donors (Lipinski definition) is 1. The fourth-order valence-electron chi connectivity index (χ4n) is 2.41. The van der Waals surface area contributed by atoms with Crippen LogP contribution in [0.25, 0.3) is 0 Å². The Morgan fingerprint density at radius 2 is 2.15 bits per heavy atom. The van der Waals surface area contributed by atoms with Crippen LogP contribution in [0.4, 0.5) is 0 Å². The van der Waals surface area contributed by atoms with Crippen molar-refractivity contribution >= 4 is 0 Å². The van der Waals surface area contributed by atoms with Crippen molar-refractivity contribution in [3.8, 4) is 0 Å². The quantitative estimate of drug-likeness (QED) is 0.873. The van der Waals surface area contributed by atoms with Gasteiger partial charge in [-0.2, -0.15) is 10.2 Å². The summed E-state index contributed by atoms with van der Waals surface area (Å²) in [5, 5.41) is 12.6. The molecular formula is C15H23N5. The Bertz CT molecular complexity index is 591. The van der Waals surface area contributed by atoms with E-state index in [4.69, 9.17) is 0 Å². The van der Waals surface area contributed by atoms with E-state index in [1.54, 1.807) is 0 Å². The molecule has 2 aromatic rings. The van der Waals surface area contributed by atoms with Crippen molar-refractivity contribution < 1.29 is 0 Å². The maximum absolute atomic E-state index is 4.62. The van der Waals surface area contributed by atoms with E-state index >= 15 is 0 Å². The average molecular weight is 273 g/mol. The van der Waals surface area contributed by atoms with Gasteiger partial charge in [-0.25, -0.2) is 0 Å². The van der Waals surface area contributed by atoms with Crippen molar-refractivity contribution in [2.75, 3.05) is 0 Å². The predicted octanol–water partition coefficient (Wildman–Crippen LogP) is 1.79. The van der Waals surface area contributed by atoms with Crippen LogP contribution in [0.5, 0.6) is 0 Å². The highest BCUT2D eigenvalue weighted by Crippen LogP contribution is 2.19. The van der Waals surface area contributed by atoms with Gasteiger partial charge in [0.1, 0.15) is 0 Å². The zero-order valence-corrected chi connectivity index (χ0v) is 12.6. The molecule has 0 radical (unpaired) electrons. The number of rotatable bonds is 6. The number of hydrogen-bond acceptors (Lipinski definition) is 3. The Labute approximate surface area is 120 Å². The van der Waals surface area contributed by atoms with Gasteiger partial charge in [-0.15, -0.1) is 0 Å². The Hall–Kier alpha value is -1.62. The van der Waals surface area contributed by atoms with Gasteiger partial charge in [-0.05, 0) is 32.3 Å². The molecule has 1 fully saturated rings. The van der Waals surface area contributed by atoms with Crippen molar-refractivity contribution in [2.45, 2.75) is 52.2 Å². The van der Waals surface area contributed by atoms with Crippen LogP contribution in [0.15, 0.2) is 12.3 Å². The molecule has 0 spiro atoms. The van der Waals surface area contributed by atoms with Crippen LogP contribution in [0.3, 0.4) is 0 Å². The fraction of sp³-hybridized carbons (Fsp3) is 0.600. The second-order valence-corrected chi connectivity index (χ2v) is 5.70. The van der Waals surface area contributed by atoms with Gasteiger partial charge < -0.3 is 5.32 Å². The smallest absolute Gasteiger partial charge is 0.0828 e. The summed E-state index contributed by atoms with van der Waals surface area (Å²) >= 11 is 0. The molecule has 1 N–H and O–H groups in total. The molecule has 2 heterocycles. The second-order valence-electron chi connectivity index (χ2n) is 5.70. The third-order valence-electron chi connectivity index (χ3n) is 3.92. The lowest BCUT2D eigenvalue weighted by atomic mass is 10.2. The molecule has 0 atom stereocenters. The van der Waals surface area contributed by atoms with Gasteiger partial charge in [0.2, 0.25) is 0 Å². The van der Waals surface area contributed by atoms with Crippen molar-refractivity contribution in [2.24, 2.45) is 7.05 Å². The van der Waals surface area contributed by atoms with Gasteiger partial charge in [0, 0.05) is 31.4 Å². The maximum Gasteiger partial charge on any atom is 0.0828 e. The lowest BCUT2D eigenvalue weighted by Crippen LogP contribution is -2.15. The lowest BCUT2D eigenvalue weighted by Gasteiger charge is -2.02.